The fourth-order valence-corrected chi connectivity index (χ4v) is 1.59. The van der Waals surface area contributed by atoms with Crippen LogP contribution in [0.5, 0.6) is 0 Å². The maximum atomic E-state index is 10.2. The summed E-state index contributed by atoms with van der Waals surface area (Å²) >= 11 is 0. The van der Waals surface area contributed by atoms with Gasteiger partial charge in [0.1, 0.15) is 0 Å². The molecular weight excluding hydrogens is 383 g/mol. The Balaban J connectivity index is 0. The van der Waals surface area contributed by atoms with Crippen molar-refractivity contribution in [1.82, 2.24) is 0 Å². The van der Waals surface area contributed by atoms with Gasteiger partial charge in [-0.1, -0.05) is 58.3 Å². The Hall–Kier alpha value is 0.392. The molecule has 0 saturated heterocycles. The smallest absolute Gasteiger partial charge is 0.481 e. The first-order chi connectivity index (χ1) is 6.77. The Morgan fingerprint density at radius 1 is 0.867 bits per heavy atom. The van der Waals surface area contributed by atoms with Gasteiger partial charge in [0.15, 0.2) is 0 Å². The fraction of sp³-hybridized carbons (Fsp3) is 0.917. The molecule has 0 aliphatic rings. The Kier molecular flexibility index (Phi) is 17.1. The fourth-order valence-electron chi connectivity index (χ4n) is 1.59. The molecule has 1 N–H and O–H groups in total. The predicted molar refractivity (Wildman–Crippen MR) is 65.2 cm³/mol. The van der Waals surface area contributed by atoms with E-state index in [1.54, 1.807) is 0 Å². The van der Waals surface area contributed by atoms with Gasteiger partial charge in [-0.3, -0.25) is 4.79 Å². The van der Waals surface area contributed by atoms with Crippen molar-refractivity contribution >= 4 is 33.3 Å². The topological polar surface area (TPSA) is 37.3 Å². The third-order valence-corrected chi connectivity index (χ3v) is 2.49. The van der Waals surface area contributed by atoms with E-state index in [4.69, 9.17) is 5.11 Å². The number of hydrogen-bond acceptors (Lipinski definition) is 1. The van der Waals surface area contributed by atoms with Crippen molar-refractivity contribution in [3.8, 4) is 0 Å². The third kappa shape index (κ3) is 17.0. The normalized spacial score (nSPS) is 9.67. The van der Waals surface area contributed by atoms with Gasteiger partial charge in [0.25, 0.3) is 0 Å². The van der Waals surface area contributed by atoms with Gasteiger partial charge in [-0.15, -0.1) is 0 Å². The quantitative estimate of drug-likeness (QED) is 0.444. The molecule has 0 fully saturated rings. The first kappa shape index (κ1) is 17.8. The zero-order valence-corrected chi connectivity index (χ0v) is 13.8. The van der Waals surface area contributed by atoms with E-state index in [1.807, 2.05) is 0 Å². The Labute approximate surface area is 114 Å². The molecule has 2 nitrogen and oxygen atoms in total. The van der Waals surface area contributed by atoms with E-state index in [0.29, 0.717) is 6.42 Å². The van der Waals surface area contributed by atoms with E-state index in [9.17, 15) is 4.79 Å². The molecule has 2 radical (unpaired) electrons. The summed E-state index contributed by atoms with van der Waals surface area (Å²) in [4.78, 5) is 10.2. The van der Waals surface area contributed by atoms with Crippen molar-refractivity contribution in [2.75, 3.05) is 0 Å². The number of aliphatic carboxylic acids is 1. The predicted octanol–water partition coefficient (Wildman–Crippen LogP) is 3.61. The number of rotatable bonds is 10. The van der Waals surface area contributed by atoms with Crippen molar-refractivity contribution < 1.29 is 9.90 Å². The van der Waals surface area contributed by atoms with Crippen LogP contribution in [0.25, 0.3) is 0 Å². The molecule has 0 aromatic carbocycles. The SMILES string of the molecule is CCCCCCCCCCCC(=O)O.[Pb+2]. The number of carbonyl (C=O) groups is 1. The second kappa shape index (κ2) is 14.4. The van der Waals surface area contributed by atoms with Crippen molar-refractivity contribution in [2.24, 2.45) is 0 Å². The summed E-state index contributed by atoms with van der Waals surface area (Å²) in [6.07, 6.45) is 11.5. The van der Waals surface area contributed by atoms with E-state index in [-0.39, 0.29) is 27.3 Å². The van der Waals surface area contributed by atoms with E-state index < -0.39 is 5.97 Å². The molecule has 0 saturated carbocycles. The van der Waals surface area contributed by atoms with Crippen LogP contribution in [0, 0.1) is 0 Å². The summed E-state index contributed by atoms with van der Waals surface area (Å²) in [6, 6.07) is 0. The molecule has 3 heteroatoms. The summed E-state index contributed by atoms with van der Waals surface area (Å²) in [5.41, 5.74) is 0. The number of hydrogen-bond donors (Lipinski definition) is 1. The van der Waals surface area contributed by atoms with Gasteiger partial charge in [-0.05, 0) is 6.42 Å². The molecule has 0 rings (SSSR count). The number of unbranched alkanes of at least 4 members (excludes halogenated alkanes) is 8. The van der Waals surface area contributed by atoms with E-state index in [1.165, 1.54) is 44.9 Å². The van der Waals surface area contributed by atoms with Crippen LogP contribution in [0.4, 0.5) is 0 Å². The van der Waals surface area contributed by atoms with Crippen LogP contribution in [0.15, 0.2) is 0 Å². The van der Waals surface area contributed by atoms with E-state index in [2.05, 4.69) is 6.92 Å². The molecule has 0 aromatic rings. The second-order valence-electron chi connectivity index (χ2n) is 3.97. The molecule has 0 aromatic heterocycles. The molecule has 0 bridgehead atoms. The zero-order valence-electron chi connectivity index (χ0n) is 9.93. The van der Waals surface area contributed by atoms with Gasteiger partial charge in [0, 0.05) is 6.42 Å². The molecular formula is C12H24O2Pb+2. The minimum Gasteiger partial charge on any atom is -0.481 e. The molecule has 0 unspecified atom stereocenters. The summed E-state index contributed by atoms with van der Waals surface area (Å²) < 4.78 is 0. The van der Waals surface area contributed by atoms with Gasteiger partial charge < -0.3 is 5.11 Å². The monoisotopic (exact) mass is 408 g/mol. The van der Waals surface area contributed by atoms with E-state index in [0.717, 1.165) is 12.8 Å². The number of carboxylic acid groups (broad SMARTS) is 1. The van der Waals surface area contributed by atoms with Crippen LogP contribution < -0.4 is 0 Å². The van der Waals surface area contributed by atoms with E-state index >= 15 is 0 Å². The van der Waals surface area contributed by atoms with Crippen LogP contribution in [0.2, 0.25) is 0 Å². The van der Waals surface area contributed by atoms with Gasteiger partial charge in [-0.2, -0.15) is 0 Å². The molecule has 0 spiro atoms. The van der Waals surface area contributed by atoms with Crippen LogP contribution in [0.3, 0.4) is 0 Å². The summed E-state index contributed by atoms with van der Waals surface area (Å²) in [7, 11) is 0. The Morgan fingerprint density at radius 2 is 1.27 bits per heavy atom. The zero-order chi connectivity index (χ0) is 10.6. The van der Waals surface area contributed by atoms with Crippen LogP contribution in [-0.4, -0.2) is 38.4 Å². The van der Waals surface area contributed by atoms with Gasteiger partial charge in [0.05, 0.1) is 0 Å². The molecule has 0 atom stereocenters. The third-order valence-electron chi connectivity index (χ3n) is 2.49. The molecule has 0 aliphatic heterocycles. The second-order valence-corrected chi connectivity index (χ2v) is 3.97. The molecule has 15 heavy (non-hydrogen) atoms. The van der Waals surface area contributed by atoms with Crippen molar-refractivity contribution in [3.63, 3.8) is 0 Å². The summed E-state index contributed by atoms with van der Waals surface area (Å²) in [6.45, 7) is 2.23. The summed E-state index contributed by atoms with van der Waals surface area (Å²) in [5, 5.41) is 8.41. The largest absolute Gasteiger partial charge is 2.00 e. The van der Waals surface area contributed by atoms with Gasteiger partial charge in [0.2, 0.25) is 0 Å². The van der Waals surface area contributed by atoms with Crippen LogP contribution in [-0.2, 0) is 4.79 Å². The Morgan fingerprint density at radius 3 is 1.67 bits per heavy atom. The maximum absolute atomic E-state index is 10.2. The molecule has 86 valence electrons. The van der Waals surface area contributed by atoms with Gasteiger partial charge >= 0.3 is 33.3 Å². The molecule has 0 aliphatic carbocycles. The summed E-state index contributed by atoms with van der Waals surface area (Å²) in [5.74, 6) is -0.659. The average Bonchev–Trinajstić information content (AvgIpc) is 2.15. The minimum atomic E-state index is -0.659. The van der Waals surface area contributed by atoms with Crippen molar-refractivity contribution in [1.29, 1.82) is 0 Å². The first-order valence-corrected chi connectivity index (χ1v) is 5.99. The standard InChI is InChI=1S/C12H24O2.Pb/c1-2-3-4-5-6-7-8-9-10-11-12(13)14;/h2-11H2,1H3,(H,13,14);/q;+2. The Bertz CT molecular complexity index is 138. The minimum absolute atomic E-state index is 0. The maximum Gasteiger partial charge on any atom is 2.00 e. The van der Waals surface area contributed by atoms with Gasteiger partial charge in [-0.25, -0.2) is 0 Å². The van der Waals surface area contributed by atoms with Crippen molar-refractivity contribution in [2.45, 2.75) is 71.1 Å². The van der Waals surface area contributed by atoms with Crippen LogP contribution in [0.1, 0.15) is 71.1 Å². The average molecular weight is 408 g/mol. The van der Waals surface area contributed by atoms with Crippen molar-refractivity contribution in [3.05, 3.63) is 0 Å². The molecule has 0 amide bonds. The van der Waals surface area contributed by atoms with Crippen LogP contribution >= 0.6 is 0 Å². The number of carboxylic acids is 1. The first-order valence-electron chi connectivity index (χ1n) is 5.99. The molecule has 0 heterocycles.